The first-order chi connectivity index (χ1) is 17.5. The number of nitrogens with zero attached hydrogens (tertiary/aromatic N) is 2. The molecule has 178 valence electrons. The number of carbonyl (C=O) groups excluding carboxylic acids is 2. The number of pyridine rings is 1. The van der Waals surface area contributed by atoms with Crippen LogP contribution in [0.5, 0.6) is 5.75 Å². The van der Waals surface area contributed by atoms with E-state index in [2.05, 4.69) is 4.98 Å². The largest absolute Gasteiger partial charge is 0.507 e. The summed E-state index contributed by atoms with van der Waals surface area (Å²) < 4.78 is 5.80. The van der Waals surface area contributed by atoms with Crippen LogP contribution in [0.3, 0.4) is 0 Å². The van der Waals surface area contributed by atoms with Crippen LogP contribution in [0.4, 0.5) is 0 Å². The molecule has 36 heavy (non-hydrogen) atoms. The summed E-state index contributed by atoms with van der Waals surface area (Å²) in [4.78, 5) is 32.5. The number of benzene rings is 3. The molecule has 0 saturated carbocycles. The lowest BCUT2D eigenvalue weighted by molar-refractivity contribution is -0.140. The molecule has 6 rings (SSSR count). The minimum absolute atomic E-state index is 0.0546. The van der Waals surface area contributed by atoms with Crippen LogP contribution in [0.1, 0.15) is 35.2 Å². The molecule has 0 aliphatic carbocycles. The molecule has 3 aromatic carbocycles. The molecule has 1 N–H and O–H groups in total. The van der Waals surface area contributed by atoms with E-state index >= 15 is 0 Å². The Labute approximate surface area is 208 Å². The number of hydrogen-bond acceptors (Lipinski definition) is 5. The van der Waals surface area contributed by atoms with Crippen LogP contribution < -0.4 is 4.74 Å². The van der Waals surface area contributed by atoms with E-state index in [0.717, 1.165) is 39.6 Å². The van der Waals surface area contributed by atoms with Gasteiger partial charge in [-0.1, -0.05) is 42.5 Å². The van der Waals surface area contributed by atoms with Gasteiger partial charge in [-0.2, -0.15) is 0 Å². The van der Waals surface area contributed by atoms with Crippen LogP contribution >= 0.6 is 0 Å². The van der Waals surface area contributed by atoms with Gasteiger partial charge in [0, 0.05) is 30.9 Å². The van der Waals surface area contributed by atoms with Crippen molar-refractivity contribution in [3.05, 3.63) is 113 Å². The normalized spacial score (nSPS) is 20.5. The number of hydrogen-bond donors (Lipinski definition) is 1. The lowest BCUT2D eigenvalue weighted by atomic mass is 9.91. The smallest absolute Gasteiger partial charge is 0.295 e. The fraction of sp³-hybridized carbons (Fsp3) is 0.167. The van der Waals surface area contributed by atoms with Crippen LogP contribution in [-0.4, -0.2) is 32.8 Å². The van der Waals surface area contributed by atoms with E-state index in [1.807, 2.05) is 73.7 Å². The van der Waals surface area contributed by atoms with Crippen molar-refractivity contribution in [2.75, 3.05) is 0 Å². The highest BCUT2D eigenvalue weighted by Gasteiger charge is 2.46. The quantitative estimate of drug-likeness (QED) is 0.249. The van der Waals surface area contributed by atoms with Gasteiger partial charge in [0.1, 0.15) is 17.6 Å². The Hall–Kier alpha value is -4.45. The third-order valence-corrected chi connectivity index (χ3v) is 6.93. The predicted molar refractivity (Wildman–Crippen MR) is 136 cm³/mol. The highest BCUT2D eigenvalue weighted by molar-refractivity contribution is 6.46. The average molecular weight is 477 g/mol. The number of aliphatic hydroxyl groups excluding tert-OH is 1. The average Bonchev–Trinajstić information content (AvgIpc) is 3.39. The number of ether oxygens (including phenoxy) is 1. The van der Waals surface area contributed by atoms with Gasteiger partial charge in [0.05, 0.1) is 11.6 Å². The maximum absolute atomic E-state index is 13.5. The van der Waals surface area contributed by atoms with Gasteiger partial charge in [0.15, 0.2) is 0 Å². The molecule has 0 bridgehead atoms. The van der Waals surface area contributed by atoms with Crippen LogP contribution in [-0.2, 0) is 22.6 Å². The summed E-state index contributed by atoms with van der Waals surface area (Å²) >= 11 is 0. The van der Waals surface area contributed by atoms with Crippen LogP contribution in [0.15, 0.2) is 90.8 Å². The molecular formula is C30H24N2O4. The van der Waals surface area contributed by atoms with Gasteiger partial charge in [0.25, 0.3) is 11.7 Å². The Bertz CT molecular complexity index is 1540. The van der Waals surface area contributed by atoms with E-state index in [1.165, 1.54) is 0 Å². The third kappa shape index (κ3) is 3.62. The Morgan fingerprint density at radius 2 is 1.81 bits per heavy atom. The topological polar surface area (TPSA) is 79.7 Å². The fourth-order valence-corrected chi connectivity index (χ4v) is 5.27. The second-order valence-corrected chi connectivity index (χ2v) is 9.31. The first-order valence-electron chi connectivity index (χ1n) is 12.0. The minimum Gasteiger partial charge on any atom is -0.507 e. The summed E-state index contributed by atoms with van der Waals surface area (Å²) in [7, 11) is 0. The molecule has 3 heterocycles. The molecule has 1 amide bonds. The highest BCUT2D eigenvalue weighted by atomic mass is 16.5. The van der Waals surface area contributed by atoms with Gasteiger partial charge >= 0.3 is 0 Å². The Balaban J connectivity index is 1.54. The number of rotatable bonds is 4. The molecule has 0 radical (unpaired) electrons. The third-order valence-electron chi connectivity index (χ3n) is 6.93. The zero-order valence-corrected chi connectivity index (χ0v) is 19.7. The summed E-state index contributed by atoms with van der Waals surface area (Å²) in [5.74, 6) is -0.720. The lowest BCUT2D eigenvalue weighted by Crippen LogP contribution is -2.29. The van der Waals surface area contributed by atoms with E-state index < -0.39 is 17.7 Å². The summed E-state index contributed by atoms with van der Waals surface area (Å²) in [6, 6.07) is 22.0. The lowest BCUT2D eigenvalue weighted by Gasteiger charge is -2.26. The van der Waals surface area contributed by atoms with Crippen LogP contribution in [0.2, 0.25) is 0 Å². The van der Waals surface area contributed by atoms with Crippen molar-refractivity contribution in [3.63, 3.8) is 0 Å². The number of ketones is 1. The maximum atomic E-state index is 13.5. The standard InChI is InChI=1S/C30H24N2O4/c1-18-15-22-16-21(9-10-25(22)36-18)28(33)26-27(24-8-4-6-20-5-2-3-7-23(20)24)32(30(35)29(26)34)17-19-11-13-31-14-12-19/h2-14,16,18,27,33H,15,17H2,1H3/b28-26+. The number of carbonyl (C=O) groups is 2. The SMILES string of the molecule is CC1Cc2cc(/C(O)=C3\C(=O)C(=O)N(Cc4ccncc4)C3c3cccc4ccccc34)ccc2O1. The number of aromatic nitrogens is 1. The van der Waals surface area contributed by atoms with Crippen LogP contribution in [0, 0.1) is 0 Å². The summed E-state index contributed by atoms with van der Waals surface area (Å²) in [5, 5.41) is 13.4. The monoisotopic (exact) mass is 476 g/mol. The summed E-state index contributed by atoms with van der Waals surface area (Å²) in [6.07, 6.45) is 4.09. The van der Waals surface area contributed by atoms with Crippen molar-refractivity contribution in [1.82, 2.24) is 9.88 Å². The number of Topliss-reactive ketones (excluding diaryl/α,β-unsaturated/α-hetero) is 1. The van der Waals surface area contributed by atoms with Gasteiger partial charge in [-0.3, -0.25) is 14.6 Å². The van der Waals surface area contributed by atoms with Crippen molar-refractivity contribution in [1.29, 1.82) is 0 Å². The van der Waals surface area contributed by atoms with E-state index in [4.69, 9.17) is 4.74 Å². The second kappa shape index (κ2) is 8.64. The summed E-state index contributed by atoms with van der Waals surface area (Å²) in [5.41, 5.74) is 3.21. The van der Waals surface area contributed by atoms with Gasteiger partial charge in [0.2, 0.25) is 0 Å². The molecular weight excluding hydrogens is 452 g/mol. The number of aliphatic hydroxyl groups is 1. The first kappa shape index (κ1) is 22.0. The molecule has 0 spiro atoms. The van der Waals surface area contributed by atoms with E-state index in [1.54, 1.807) is 23.4 Å². The Morgan fingerprint density at radius 3 is 2.64 bits per heavy atom. The summed E-state index contributed by atoms with van der Waals surface area (Å²) in [6.45, 7) is 2.21. The van der Waals surface area contributed by atoms with Crippen molar-refractivity contribution in [2.24, 2.45) is 0 Å². The van der Waals surface area contributed by atoms with Crippen LogP contribution in [0.25, 0.3) is 16.5 Å². The van der Waals surface area contributed by atoms with Gasteiger partial charge in [-0.25, -0.2) is 0 Å². The fourth-order valence-electron chi connectivity index (χ4n) is 5.27. The molecule has 2 aliphatic heterocycles. The van der Waals surface area contributed by atoms with Crippen molar-refractivity contribution in [3.8, 4) is 5.75 Å². The second-order valence-electron chi connectivity index (χ2n) is 9.31. The molecule has 2 unspecified atom stereocenters. The molecule has 2 atom stereocenters. The number of fused-ring (bicyclic) bond motifs is 2. The van der Waals surface area contributed by atoms with Gasteiger partial charge in [-0.05, 0) is 64.7 Å². The highest BCUT2D eigenvalue weighted by Crippen LogP contribution is 2.43. The molecule has 6 heteroatoms. The molecule has 2 aliphatic rings. The molecule has 1 aromatic heterocycles. The molecule has 6 nitrogen and oxygen atoms in total. The molecule has 1 saturated heterocycles. The number of amides is 1. The van der Waals surface area contributed by atoms with E-state index in [0.29, 0.717) is 5.56 Å². The van der Waals surface area contributed by atoms with Crippen molar-refractivity contribution < 1.29 is 19.4 Å². The maximum Gasteiger partial charge on any atom is 0.295 e. The van der Waals surface area contributed by atoms with Crippen molar-refractivity contribution >= 4 is 28.2 Å². The van der Waals surface area contributed by atoms with Gasteiger partial charge < -0.3 is 14.7 Å². The zero-order chi connectivity index (χ0) is 24.8. The van der Waals surface area contributed by atoms with Crippen molar-refractivity contribution in [2.45, 2.75) is 32.0 Å². The van der Waals surface area contributed by atoms with E-state index in [9.17, 15) is 14.7 Å². The molecule has 4 aromatic rings. The van der Waals surface area contributed by atoms with Gasteiger partial charge in [-0.15, -0.1) is 0 Å². The van der Waals surface area contributed by atoms with E-state index in [-0.39, 0.29) is 24.0 Å². The predicted octanol–water partition coefficient (Wildman–Crippen LogP) is 5.18. The zero-order valence-electron chi connectivity index (χ0n) is 19.7. The molecule has 1 fully saturated rings. The number of likely N-dealkylation sites (tertiary alicyclic amines) is 1. The Kier molecular flexibility index (Phi) is 5.29. The first-order valence-corrected chi connectivity index (χ1v) is 12.0. The minimum atomic E-state index is -0.743. The Morgan fingerprint density at radius 1 is 1.03 bits per heavy atom.